The van der Waals surface area contributed by atoms with Gasteiger partial charge in [-0.25, -0.2) is 8.42 Å². The first kappa shape index (κ1) is 14.6. The van der Waals surface area contributed by atoms with Gasteiger partial charge in [-0.3, -0.25) is 0 Å². The van der Waals surface area contributed by atoms with Gasteiger partial charge in [-0.2, -0.15) is 4.31 Å². The van der Waals surface area contributed by atoms with Crippen molar-refractivity contribution in [2.45, 2.75) is 25.3 Å². The third-order valence-electron chi connectivity index (χ3n) is 3.36. The number of furan rings is 1. The average Bonchev–Trinajstić information content (AvgIpc) is 2.87. The van der Waals surface area contributed by atoms with E-state index in [1.165, 1.54) is 23.9 Å². The summed E-state index contributed by atoms with van der Waals surface area (Å²) < 4.78 is 31.6. The summed E-state index contributed by atoms with van der Waals surface area (Å²) in [6.45, 7) is 3.87. The summed E-state index contributed by atoms with van der Waals surface area (Å²) in [7, 11) is -2.10. The number of anilines is 1. The Hall–Kier alpha value is -1.79. The van der Waals surface area contributed by atoms with Crippen LogP contribution in [0.15, 0.2) is 40.0 Å². The zero-order chi connectivity index (χ0) is 14.9. The fraction of sp³-hybridized carbons (Fsp3) is 0.286. The van der Waals surface area contributed by atoms with Crippen LogP contribution in [-0.4, -0.2) is 19.8 Å². The Kier molecular flexibility index (Phi) is 3.87. The standard InChI is InChI=1S/C14H18N2O3S/c1-10-4-5-13(15)14(11(10)2)20(17,18)16(3)8-12-6-7-19-9-12/h4-7,9H,8,15H2,1-3H3. The van der Waals surface area contributed by atoms with E-state index in [4.69, 9.17) is 10.2 Å². The summed E-state index contributed by atoms with van der Waals surface area (Å²) >= 11 is 0. The number of hydrogen-bond donors (Lipinski definition) is 1. The Balaban J connectivity index is 2.42. The quantitative estimate of drug-likeness (QED) is 0.878. The van der Waals surface area contributed by atoms with Crippen LogP contribution in [0.5, 0.6) is 0 Å². The first-order chi connectivity index (χ1) is 9.34. The number of aryl methyl sites for hydroxylation is 1. The highest BCUT2D eigenvalue weighted by Crippen LogP contribution is 2.28. The van der Waals surface area contributed by atoms with E-state index in [2.05, 4.69) is 0 Å². The molecule has 108 valence electrons. The van der Waals surface area contributed by atoms with Crippen molar-refractivity contribution in [3.63, 3.8) is 0 Å². The number of hydrogen-bond acceptors (Lipinski definition) is 4. The second-order valence-electron chi connectivity index (χ2n) is 4.82. The minimum atomic E-state index is -3.63. The first-order valence-corrected chi connectivity index (χ1v) is 7.61. The summed E-state index contributed by atoms with van der Waals surface area (Å²) in [6.07, 6.45) is 3.04. The molecule has 0 aliphatic rings. The maximum Gasteiger partial charge on any atom is 0.245 e. The smallest absolute Gasteiger partial charge is 0.245 e. The lowest BCUT2D eigenvalue weighted by Crippen LogP contribution is -2.28. The molecule has 0 saturated heterocycles. The molecule has 0 amide bonds. The van der Waals surface area contributed by atoms with E-state index in [-0.39, 0.29) is 17.1 Å². The molecular weight excluding hydrogens is 276 g/mol. The van der Waals surface area contributed by atoms with Crippen molar-refractivity contribution < 1.29 is 12.8 Å². The number of nitrogen functional groups attached to an aromatic ring is 1. The van der Waals surface area contributed by atoms with Gasteiger partial charge in [-0.15, -0.1) is 0 Å². The first-order valence-electron chi connectivity index (χ1n) is 6.17. The van der Waals surface area contributed by atoms with Crippen LogP contribution in [-0.2, 0) is 16.6 Å². The fourth-order valence-corrected chi connectivity index (χ4v) is 3.58. The van der Waals surface area contributed by atoms with Crippen LogP contribution in [0.4, 0.5) is 5.69 Å². The summed E-state index contributed by atoms with van der Waals surface area (Å²) in [5.74, 6) is 0. The molecule has 1 aromatic carbocycles. The lowest BCUT2D eigenvalue weighted by molar-refractivity contribution is 0.463. The number of nitrogens with zero attached hydrogens (tertiary/aromatic N) is 1. The van der Waals surface area contributed by atoms with Gasteiger partial charge in [-0.1, -0.05) is 6.07 Å². The van der Waals surface area contributed by atoms with Gasteiger partial charge in [0.05, 0.1) is 18.2 Å². The molecule has 0 atom stereocenters. The Morgan fingerprint density at radius 3 is 2.55 bits per heavy atom. The number of rotatable bonds is 4. The molecule has 20 heavy (non-hydrogen) atoms. The molecule has 2 aromatic rings. The van der Waals surface area contributed by atoms with Crippen molar-refractivity contribution in [1.82, 2.24) is 4.31 Å². The van der Waals surface area contributed by atoms with Crippen LogP contribution in [0.2, 0.25) is 0 Å². The second kappa shape index (κ2) is 5.30. The molecule has 0 aliphatic heterocycles. The number of nitrogens with two attached hydrogens (primary N) is 1. The van der Waals surface area contributed by atoms with Gasteiger partial charge in [0, 0.05) is 19.2 Å². The van der Waals surface area contributed by atoms with Gasteiger partial charge in [0.2, 0.25) is 10.0 Å². The minimum absolute atomic E-state index is 0.184. The summed E-state index contributed by atoms with van der Waals surface area (Å²) in [5.41, 5.74) is 8.51. The van der Waals surface area contributed by atoms with Crippen LogP contribution in [0.25, 0.3) is 0 Å². The minimum Gasteiger partial charge on any atom is -0.472 e. The zero-order valence-electron chi connectivity index (χ0n) is 11.8. The lowest BCUT2D eigenvalue weighted by atomic mass is 10.1. The molecule has 1 heterocycles. The molecule has 0 spiro atoms. The molecule has 0 radical (unpaired) electrons. The molecular formula is C14H18N2O3S. The predicted molar refractivity (Wildman–Crippen MR) is 77.7 cm³/mol. The highest BCUT2D eigenvalue weighted by Gasteiger charge is 2.26. The summed E-state index contributed by atoms with van der Waals surface area (Å²) in [6, 6.07) is 5.18. The highest BCUT2D eigenvalue weighted by atomic mass is 32.2. The van der Waals surface area contributed by atoms with Crippen molar-refractivity contribution in [2.75, 3.05) is 12.8 Å². The molecule has 5 nitrogen and oxygen atoms in total. The lowest BCUT2D eigenvalue weighted by Gasteiger charge is -2.20. The number of benzene rings is 1. The second-order valence-corrected chi connectivity index (χ2v) is 6.80. The average molecular weight is 294 g/mol. The Morgan fingerprint density at radius 2 is 1.95 bits per heavy atom. The van der Waals surface area contributed by atoms with Crippen LogP contribution in [0.1, 0.15) is 16.7 Å². The molecule has 0 bridgehead atoms. The molecule has 6 heteroatoms. The third kappa shape index (κ3) is 2.57. The third-order valence-corrected chi connectivity index (χ3v) is 5.37. The van der Waals surface area contributed by atoms with E-state index in [1.54, 1.807) is 19.1 Å². The maximum atomic E-state index is 12.7. The maximum absolute atomic E-state index is 12.7. The van der Waals surface area contributed by atoms with E-state index in [0.29, 0.717) is 5.56 Å². The van der Waals surface area contributed by atoms with E-state index in [1.807, 2.05) is 13.0 Å². The van der Waals surface area contributed by atoms with Crippen molar-refractivity contribution in [3.8, 4) is 0 Å². The van der Waals surface area contributed by atoms with Gasteiger partial charge < -0.3 is 10.2 Å². The van der Waals surface area contributed by atoms with E-state index < -0.39 is 10.0 Å². The molecule has 1 aromatic heterocycles. The molecule has 0 saturated carbocycles. The normalized spacial score (nSPS) is 12.0. The van der Waals surface area contributed by atoms with Crippen LogP contribution in [0.3, 0.4) is 0 Å². The Morgan fingerprint density at radius 1 is 1.25 bits per heavy atom. The molecule has 0 aliphatic carbocycles. The van der Waals surface area contributed by atoms with Gasteiger partial charge >= 0.3 is 0 Å². The van der Waals surface area contributed by atoms with Gasteiger partial charge in [-0.05, 0) is 37.1 Å². The fourth-order valence-electron chi connectivity index (χ4n) is 2.03. The van der Waals surface area contributed by atoms with Gasteiger partial charge in [0.1, 0.15) is 4.90 Å². The zero-order valence-corrected chi connectivity index (χ0v) is 12.6. The van der Waals surface area contributed by atoms with Crippen LogP contribution < -0.4 is 5.73 Å². The SMILES string of the molecule is Cc1ccc(N)c(S(=O)(=O)N(C)Cc2ccoc2)c1C. The Bertz CT molecular complexity index is 706. The van der Waals surface area contributed by atoms with E-state index in [9.17, 15) is 8.42 Å². The number of sulfonamides is 1. The predicted octanol–water partition coefficient (Wildman–Crippen LogP) is 2.30. The molecule has 2 rings (SSSR count). The van der Waals surface area contributed by atoms with Crippen molar-refractivity contribution in [1.29, 1.82) is 0 Å². The monoisotopic (exact) mass is 294 g/mol. The van der Waals surface area contributed by atoms with E-state index in [0.717, 1.165) is 11.1 Å². The molecule has 0 unspecified atom stereocenters. The van der Waals surface area contributed by atoms with Crippen molar-refractivity contribution in [2.24, 2.45) is 0 Å². The van der Waals surface area contributed by atoms with Crippen molar-refractivity contribution >= 4 is 15.7 Å². The van der Waals surface area contributed by atoms with Gasteiger partial charge in [0.15, 0.2) is 0 Å². The summed E-state index contributed by atoms with van der Waals surface area (Å²) in [4.78, 5) is 0.184. The van der Waals surface area contributed by atoms with Gasteiger partial charge in [0.25, 0.3) is 0 Å². The highest BCUT2D eigenvalue weighted by molar-refractivity contribution is 7.89. The Labute approximate surface area is 119 Å². The largest absolute Gasteiger partial charge is 0.472 e. The molecule has 2 N–H and O–H groups in total. The van der Waals surface area contributed by atoms with E-state index >= 15 is 0 Å². The molecule has 0 fully saturated rings. The van der Waals surface area contributed by atoms with Crippen molar-refractivity contribution in [3.05, 3.63) is 47.4 Å². The topological polar surface area (TPSA) is 76.5 Å². The van der Waals surface area contributed by atoms with Crippen LogP contribution >= 0.6 is 0 Å². The van der Waals surface area contributed by atoms with Crippen LogP contribution in [0, 0.1) is 13.8 Å². The summed E-state index contributed by atoms with van der Waals surface area (Å²) in [5, 5.41) is 0.